The summed E-state index contributed by atoms with van der Waals surface area (Å²) in [5.74, 6) is 1.18. The van der Waals surface area contributed by atoms with Gasteiger partial charge in [0.1, 0.15) is 0 Å². The van der Waals surface area contributed by atoms with Crippen LogP contribution in [0.25, 0.3) is 0 Å². The van der Waals surface area contributed by atoms with Crippen molar-refractivity contribution in [2.75, 3.05) is 0 Å². The zero-order valence-corrected chi connectivity index (χ0v) is 8.50. The third-order valence-electron chi connectivity index (χ3n) is 1.21. The highest BCUT2D eigenvalue weighted by Gasteiger charge is 2.00. The Kier molecular flexibility index (Phi) is 5.17. The SMILES string of the molecule is CC.Cc1cnc(C(C)C)nn1. The van der Waals surface area contributed by atoms with E-state index in [0.717, 1.165) is 11.5 Å². The van der Waals surface area contributed by atoms with Crippen molar-refractivity contribution in [1.82, 2.24) is 15.2 Å². The van der Waals surface area contributed by atoms with E-state index in [1.807, 2.05) is 34.6 Å². The molecule has 0 aliphatic carbocycles. The fraction of sp³-hybridized carbons (Fsp3) is 0.667. The molecule has 12 heavy (non-hydrogen) atoms. The molecular weight excluding hydrogens is 150 g/mol. The Hall–Kier alpha value is -0.990. The van der Waals surface area contributed by atoms with Gasteiger partial charge in [-0.3, -0.25) is 0 Å². The first-order valence-electron chi connectivity index (χ1n) is 4.36. The second kappa shape index (κ2) is 5.63. The average Bonchev–Trinajstić information content (AvgIpc) is 2.09. The third-order valence-corrected chi connectivity index (χ3v) is 1.21. The number of aryl methyl sites for hydroxylation is 1. The number of nitrogens with zero attached hydrogens (tertiary/aromatic N) is 3. The number of hydrogen-bond donors (Lipinski definition) is 0. The molecule has 0 saturated carbocycles. The minimum Gasteiger partial charge on any atom is -0.237 e. The second-order valence-corrected chi connectivity index (χ2v) is 2.61. The molecule has 1 aromatic rings. The van der Waals surface area contributed by atoms with Crippen molar-refractivity contribution in [3.8, 4) is 0 Å². The van der Waals surface area contributed by atoms with Crippen molar-refractivity contribution in [1.29, 1.82) is 0 Å². The van der Waals surface area contributed by atoms with Gasteiger partial charge in [0.05, 0.1) is 11.9 Å². The van der Waals surface area contributed by atoms with Crippen LogP contribution in [0, 0.1) is 6.92 Å². The van der Waals surface area contributed by atoms with Crippen LogP contribution in [0.1, 0.15) is 45.1 Å². The van der Waals surface area contributed by atoms with Crippen LogP contribution < -0.4 is 0 Å². The van der Waals surface area contributed by atoms with E-state index in [0.29, 0.717) is 5.92 Å². The normalized spacial score (nSPS) is 9.17. The monoisotopic (exact) mass is 167 g/mol. The molecule has 0 bridgehead atoms. The lowest BCUT2D eigenvalue weighted by Crippen LogP contribution is -1.99. The molecule has 0 atom stereocenters. The van der Waals surface area contributed by atoms with Crippen molar-refractivity contribution >= 4 is 0 Å². The summed E-state index contributed by atoms with van der Waals surface area (Å²) in [6.07, 6.45) is 1.74. The van der Waals surface area contributed by atoms with Gasteiger partial charge < -0.3 is 0 Å². The Balaban J connectivity index is 0.000000561. The van der Waals surface area contributed by atoms with E-state index in [1.165, 1.54) is 0 Å². The Morgan fingerprint density at radius 2 is 1.75 bits per heavy atom. The minimum atomic E-state index is 0.369. The van der Waals surface area contributed by atoms with Crippen LogP contribution in [0.4, 0.5) is 0 Å². The van der Waals surface area contributed by atoms with E-state index in [-0.39, 0.29) is 0 Å². The van der Waals surface area contributed by atoms with Gasteiger partial charge in [0.2, 0.25) is 0 Å². The molecule has 0 amide bonds. The molecule has 0 fully saturated rings. The molecule has 0 N–H and O–H groups in total. The van der Waals surface area contributed by atoms with Gasteiger partial charge in [0, 0.05) is 5.92 Å². The van der Waals surface area contributed by atoms with Crippen molar-refractivity contribution in [2.45, 2.75) is 40.5 Å². The van der Waals surface area contributed by atoms with Crippen LogP contribution in [-0.4, -0.2) is 15.2 Å². The predicted molar refractivity (Wildman–Crippen MR) is 50.0 cm³/mol. The second-order valence-electron chi connectivity index (χ2n) is 2.61. The largest absolute Gasteiger partial charge is 0.237 e. The summed E-state index contributed by atoms with van der Waals surface area (Å²) in [5, 5.41) is 7.80. The van der Waals surface area contributed by atoms with E-state index < -0.39 is 0 Å². The van der Waals surface area contributed by atoms with Crippen molar-refractivity contribution < 1.29 is 0 Å². The lowest BCUT2D eigenvalue weighted by molar-refractivity contribution is 0.726. The summed E-state index contributed by atoms with van der Waals surface area (Å²) in [7, 11) is 0. The fourth-order valence-electron chi connectivity index (χ4n) is 0.606. The van der Waals surface area contributed by atoms with E-state index in [9.17, 15) is 0 Å². The lowest BCUT2D eigenvalue weighted by Gasteiger charge is -1.99. The highest BCUT2D eigenvalue weighted by Crippen LogP contribution is 2.05. The zero-order chi connectivity index (χ0) is 9.56. The molecule has 0 saturated heterocycles. The Morgan fingerprint density at radius 3 is 2.08 bits per heavy atom. The minimum absolute atomic E-state index is 0.369. The van der Waals surface area contributed by atoms with Gasteiger partial charge in [-0.25, -0.2) is 4.98 Å². The molecule has 0 radical (unpaired) electrons. The summed E-state index contributed by atoms with van der Waals surface area (Å²) >= 11 is 0. The first kappa shape index (κ1) is 11.0. The molecule has 0 aliphatic rings. The van der Waals surface area contributed by atoms with Gasteiger partial charge >= 0.3 is 0 Å². The van der Waals surface area contributed by atoms with E-state index >= 15 is 0 Å². The average molecular weight is 167 g/mol. The molecule has 1 aromatic heterocycles. The lowest BCUT2D eigenvalue weighted by atomic mass is 10.2. The van der Waals surface area contributed by atoms with E-state index in [1.54, 1.807) is 6.20 Å². The predicted octanol–water partition coefficient (Wildman–Crippen LogP) is 2.33. The van der Waals surface area contributed by atoms with Crippen molar-refractivity contribution in [3.63, 3.8) is 0 Å². The standard InChI is InChI=1S/C7H11N3.C2H6/c1-5(2)7-8-4-6(3)9-10-7;1-2/h4-5H,1-3H3;1-2H3. The van der Waals surface area contributed by atoms with Gasteiger partial charge in [-0.05, 0) is 6.92 Å². The van der Waals surface area contributed by atoms with Gasteiger partial charge in [-0.15, -0.1) is 5.10 Å². The van der Waals surface area contributed by atoms with Gasteiger partial charge in [0.15, 0.2) is 5.82 Å². The molecule has 0 aliphatic heterocycles. The molecule has 0 unspecified atom stereocenters. The molecule has 3 nitrogen and oxygen atoms in total. The summed E-state index contributed by atoms with van der Waals surface area (Å²) in [5.41, 5.74) is 0.865. The molecule has 1 rings (SSSR count). The zero-order valence-electron chi connectivity index (χ0n) is 8.50. The molecule has 1 heterocycles. The maximum Gasteiger partial charge on any atom is 0.153 e. The topological polar surface area (TPSA) is 38.7 Å². The van der Waals surface area contributed by atoms with E-state index in [4.69, 9.17) is 0 Å². The van der Waals surface area contributed by atoms with E-state index in [2.05, 4.69) is 15.2 Å². The highest BCUT2D eigenvalue weighted by molar-refractivity contribution is 4.94. The molecule has 0 spiro atoms. The van der Waals surface area contributed by atoms with Gasteiger partial charge in [-0.1, -0.05) is 27.7 Å². The maximum absolute atomic E-state index is 4.10. The third kappa shape index (κ3) is 3.42. The Bertz CT molecular complexity index is 204. The van der Waals surface area contributed by atoms with Crippen molar-refractivity contribution in [2.24, 2.45) is 0 Å². The highest BCUT2D eigenvalue weighted by atomic mass is 15.1. The van der Waals surface area contributed by atoms with Crippen LogP contribution in [0.3, 0.4) is 0 Å². The van der Waals surface area contributed by atoms with Gasteiger partial charge in [-0.2, -0.15) is 5.10 Å². The fourth-order valence-corrected chi connectivity index (χ4v) is 0.606. The quantitative estimate of drug-likeness (QED) is 0.644. The maximum atomic E-state index is 4.10. The molecule has 3 heteroatoms. The number of hydrogen-bond acceptors (Lipinski definition) is 3. The van der Waals surface area contributed by atoms with Gasteiger partial charge in [0.25, 0.3) is 0 Å². The Morgan fingerprint density at radius 1 is 1.17 bits per heavy atom. The Labute approximate surface area is 74.3 Å². The van der Waals surface area contributed by atoms with Crippen molar-refractivity contribution in [3.05, 3.63) is 17.7 Å². The summed E-state index contributed by atoms with van der Waals surface area (Å²) in [6.45, 7) is 9.98. The first-order chi connectivity index (χ1) is 5.70. The smallest absolute Gasteiger partial charge is 0.153 e. The first-order valence-corrected chi connectivity index (χ1v) is 4.36. The number of aromatic nitrogens is 3. The van der Waals surface area contributed by atoms with Crippen LogP contribution in [0.15, 0.2) is 6.20 Å². The van der Waals surface area contributed by atoms with Crippen LogP contribution in [0.2, 0.25) is 0 Å². The molecule has 0 aromatic carbocycles. The summed E-state index contributed by atoms with van der Waals surface area (Å²) in [4.78, 5) is 4.10. The summed E-state index contributed by atoms with van der Waals surface area (Å²) in [6, 6.07) is 0. The van der Waals surface area contributed by atoms with Crippen LogP contribution >= 0.6 is 0 Å². The summed E-state index contributed by atoms with van der Waals surface area (Å²) < 4.78 is 0. The van der Waals surface area contributed by atoms with Crippen LogP contribution in [0.5, 0.6) is 0 Å². The molecular formula is C9H17N3. The molecule has 68 valence electrons. The van der Waals surface area contributed by atoms with Crippen LogP contribution in [-0.2, 0) is 0 Å². The number of rotatable bonds is 1.